The standard InChI is InChI=1S/C17H21NO5/c1-4-22-17(20)15(11(2)19)9-14-10-16(18-23-14)12-5-7-13(21-3)8-6-12/h5-8,14-15H,4,9-10H2,1-3H3/t14-,15+/m1/s1. The van der Waals surface area contributed by atoms with Gasteiger partial charge >= 0.3 is 5.97 Å². The number of carbonyl (C=O) groups is 2. The third kappa shape index (κ3) is 4.31. The fourth-order valence-electron chi connectivity index (χ4n) is 2.44. The van der Waals surface area contributed by atoms with Gasteiger partial charge in [0.05, 0.1) is 19.4 Å². The van der Waals surface area contributed by atoms with E-state index in [2.05, 4.69) is 5.16 Å². The van der Waals surface area contributed by atoms with Crippen LogP contribution >= 0.6 is 0 Å². The molecule has 1 aliphatic rings. The van der Waals surface area contributed by atoms with Crippen LogP contribution in [-0.4, -0.2) is 37.3 Å². The van der Waals surface area contributed by atoms with Gasteiger partial charge in [0.1, 0.15) is 23.6 Å². The molecule has 2 atom stereocenters. The predicted molar refractivity (Wildman–Crippen MR) is 84.4 cm³/mol. The van der Waals surface area contributed by atoms with Gasteiger partial charge < -0.3 is 14.3 Å². The highest BCUT2D eigenvalue weighted by Crippen LogP contribution is 2.24. The van der Waals surface area contributed by atoms with Gasteiger partial charge in [-0.15, -0.1) is 0 Å². The number of carbonyl (C=O) groups excluding carboxylic acids is 2. The van der Waals surface area contributed by atoms with Crippen LogP contribution < -0.4 is 4.74 Å². The molecule has 0 fully saturated rings. The second kappa shape index (κ2) is 7.76. The molecule has 1 aliphatic heterocycles. The van der Waals surface area contributed by atoms with Gasteiger partial charge in [-0.2, -0.15) is 0 Å². The molecule has 1 heterocycles. The molecule has 0 aromatic heterocycles. The number of ketones is 1. The Kier molecular flexibility index (Phi) is 5.73. The highest BCUT2D eigenvalue weighted by Gasteiger charge is 2.32. The lowest BCUT2D eigenvalue weighted by atomic mass is 9.94. The number of methoxy groups -OCH3 is 1. The molecular weight excluding hydrogens is 298 g/mol. The van der Waals surface area contributed by atoms with Crippen molar-refractivity contribution < 1.29 is 23.9 Å². The van der Waals surface area contributed by atoms with Gasteiger partial charge in [0.2, 0.25) is 0 Å². The van der Waals surface area contributed by atoms with E-state index in [0.717, 1.165) is 17.0 Å². The summed E-state index contributed by atoms with van der Waals surface area (Å²) in [7, 11) is 1.61. The third-order valence-electron chi connectivity index (χ3n) is 3.72. The molecule has 0 aliphatic carbocycles. The van der Waals surface area contributed by atoms with Crippen LogP contribution in [0, 0.1) is 5.92 Å². The van der Waals surface area contributed by atoms with Crippen LogP contribution in [0.3, 0.4) is 0 Å². The van der Waals surface area contributed by atoms with Gasteiger partial charge in [0, 0.05) is 12.8 Å². The zero-order valence-corrected chi connectivity index (χ0v) is 13.6. The van der Waals surface area contributed by atoms with Crippen LogP contribution in [0.2, 0.25) is 0 Å². The molecule has 0 spiro atoms. The molecule has 0 bridgehead atoms. The first-order valence-corrected chi connectivity index (χ1v) is 7.59. The van der Waals surface area contributed by atoms with E-state index in [1.165, 1.54) is 6.92 Å². The lowest BCUT2D eigenvalue weighted by Gasteiger charge is -2.15. The highest BCUT2D eigenvalue weighted by atomic mass is 16.6. The molecule has 0 saturated heterocycles. The molecule has 124 valence electrons. The van der Waals surface area contributed by atoms with Crippen LogP contribution in [0.4, 0.5) is 0 Å². The fraction of sp³-hybridized carbons (Fsp3) is 0.471. The second-order valence-electron chi connectivity index (χ2n) is 5.35. The number of ether oxygens (including phenoxy) is 2. The molecule has 6 nitrogen and oxygen atoms in total. The monoisotopic (exact) mass is 319 g/mol. The fourth-order valence-corrected chi connectivity index (χ4v) is 2.44. The predicted octanol–water partition coefficient (Wildman–Crippen LogP) is 2.35. The van der Waals surface area contributed by atoms with Gasteiger partial charge in [0.15, 0.2) is 0 Å². The first-order chi connectivity index (χ1) is 11.0. The molecule has 1 aromatic rings. The van der Waals surface area contributed by atoms with Crippen molar-refractivity contribution in [3.05, 3.63) is 29.8 Å². The van der Waals surface area contributed by atoms with Crippen LogP contribution in [0.5, 0.6) is 5.75 Å². The van der Waals surface area contributed by atoms with Crippen molar-refractivity contribution >= 4 is 17.5 Å². The molecule has 2 rings (SSSR count). The number of nitrogens with zero attached hydrogens (tertiary/aromatic N) is 1. The van der Waals surface area contributed by atoms with Gasteiger partial charge in [-0.05, 0) is 43.7 Å². The largest absolute Gasteiger partial charge is 0.497 e. The Bertz CT molecular complexity index is 594. The van der Waals surface area contributed by atoms with Crippen molar-refractivity contribution in [2.75, 3.05) is 13.7 Å². The Hall–Kier alpha value is -2.37. The summed E-state index contributed by atoms with van der Waals surface area (Å²) >= 11 is 0. The number of hydrogen-bond donors (Lipinski definition) is 0. The maximum atomic E-state index is 11.8. The lowest BCUT2D eigenvalue weighted by molar-refractivity contribution is -0.152. The lowest BCUT2D eigenvalue weighted by Crippen LogP contribution is -2.28. The summed E-state index contributed by atoms with van der Waals surface area (Å²) in [6.07, 6.45) is 0.526. The van der Waals surface area contributed by atoms with Crippen LogP contribution in [-0.2, 0) is 19.2 Å². The number of esters is 1. The van der Waals surface area contributed by atoms with E-state index in [4.69, 9.17) is 14.3 Å². The Morgan fingerprint density at radius 2 is 2.04 bits per heavy atom. The van der Waals surface area contributed by atoms with Crippen molar-refractivity contribution in [1.29, 1.82) is 0 Å². The van der Waals surface area contributed by atoms with Crippen LogP contribution in [0.15, 0.2) is 29.4 Å². The summed E-state index contributed by atoms with van der Waals surface area (Å²) in [4.78, 5) is 28.9. The number of hydrogen-bond acceptors (Lipinski definition) is 6. The minimum absolute atomic E-state index is 0.218. The van der Waals surface area contributed by atoms with Crippen molar-refractivity contribution in [3.63, 3.8) is 0 Å². The van der Waals surface area contributed by atoms with Gasteiger partial charge in [0.25, 0.3) is 0 Å². The number of benzene rings is 1. The summed E-state index contributed by atoms with van der Waals surface area (Å²) < 4.78 is 10.1. The van der Waals surface area contributed by atoms with E-state index >= 15 is 0 Å². The summed E-state index contributed by atoms with van der Waals surface area (Å²) in [5.41, 5.74) is 1.73. The molecule has 0 amide bonds. The van der Waals surface area contributed by atoms with E-state index in [0.29, 0.717) is 6.42 Å². The average Bonchev–Trinajstić information content (AvgIpc) is 3.01. The van der Waals surface area contributed by atoms with E-state index in [9.17, 15) is 9.59 Å². The average molecular weight is 319 g/mol. The van der Waals surface area contributed by atoms with Gasteiger partial charge in [-0.3, -0.25) is 9.59 Å². The summed E-state index contributed by atoms with van der Waals surface area (Å²) in [5, 5.41) is 4.07. The molecule has 23 heavy (non-hydrogen) atoms. The molecule has 0 N–H and O–H groups in total. The molecule has 0 saturated carbocycles. The zero-order chi connectivity index (χ0) is 16.8. The third-order valence-corrected chi connectivity index (χ3v) is 3.72. The Morgan fingerprint density at radius 3 is 2.61 bits per heavy atom. The van der Waals surface area contributed by atoms with Gasteiger partial charge in [-0.25, -0.2) is 0 Å². The first kappa shape index (κ1) is 17.0. The summed E-state index contributed by atoms with van der Waals surface area (Å²) in [5.74, 6) is -0.749. The minimum atomic E-state index is -0.801. The maximum absolute atomic E-state index is 11.8. The smallest absolute Gasteiger partial charge is 0.316 e. The van der Waals surface area contributed by atoms with E-state index in [-0.39, 0.29) is 24.9 Å². The second-order valence-corrected chi connectivity index (χ2v) is 5.35. The zero-order valence-electron chi connectivity index (χ0n) is 13.6. The molecule has 0 unspecified atom stereocenters. The Morgan fingerprint density at radius 1 is 1.35 bits per heavy atom. The van der Waals surface area contributed by atoms with E-state index in [1.807, 2.05) is 24.3 Å². The van der Waals surface area contributed by atoms with E-state index in [1.54, 1.807) is 14.0 Å². The number of Topliss-reactive ketones (excluding diaryl/α,β-unsaturated/α-hetero) is 1. The molecular formula is C17H21NO5. The topological polar surface area (TPSA) is 74.2 Å². The number of oxime groups is 1. The van der Waals surface area contributed by atoms with Crippen LogP contribution in [0.25, 0.3) is 0 Å². The molecule has 1 aromatic carbocycles. The van der Waals surface area contributed by atoms with Crippen molar-refractivity contribution in [3.8, 4) is 5.75 Å². The maximum Gasteiger partial charge on any atom is 0.316 e. The molecule has 6 heteroatoms. The first-order valence-electron chi connectivity index (χ1n) is 7.59. The Balaban J connectivity index is 1.97. The number of rotatable bonds is 7. The van der Waals surface area contributed by atoms with Crippen molar-refractivity contribution in [2.24, 2.45) is 11.1 Å². The summed E-state index contributed by atoms with van der Waals surface area (Å²) in [6.45, 7) is 3.36. The Labute approximate surface area is 135 Å². The summed E-state index contributed by atoms with van der Waals surface area (Å²) in [6, 6.07) is 7.50. The minimum Gasteiger partial charge on any atom is -0.497 e. The van der Waals surface area contributed by atoms with Crippen LogP contribution in [0.1, 0.15) is 32.3 Å². The normalized spacial score (nSPS) is 17.9. The van der Waals surface area contributed by atoms with Gasteiger partial charge in [-0.1, -0.05) is 5.16 Å². The van der Waals surface area contributed by atoms with E-state index < -0.39 is 11.9 Å². The molecule has 0 radical (unpaired) electrons. The quantitative estimate of drug-likeness (QED) is 0.570. The highest BCUT2D eigenvalue weighted by molar-refractivity contribution is 6.01. The SMILES string of the molecule is CCOC(=O)[C@@H](C[C@@H]1CC(c2ccc(OC)cc2)=NO1)C(C)=O. The van der Waals surface area contributed by atoms with Crippen molar-refractivity contribution in [2.45, 2.75) is 32.8 Å². The van der Waals surface area contributed by atoms with Crippen molar-refractivity contribution in [1.82, 2.24) is 0 Å².